The fraction of sp³-hybridized carbons (Fsp3) is 0.529. The Kier molecular flexibility index (Phi) is 5.38. The molecule has 1 heterocycles. The lowest BCUT2D eigenvalue weighted by Crippen LogP contribution is -2.37. The van der Waals surface area contributed by atoms with E-state index in [4.69, 9.17) is 9.47 Å². The van der Waals surface area contributed by atoms with E-state index in [9.17, 15) is 9.59 Å². The summed E-state index contributed by atoms with van der Waals surface area (Å²) < 4.78 is 10.1. The summed E-state index contributed by atoms with van der Waals surface area (Å²) in [5.41, 5.74) is 2.91. The number of methoxy groups -OCH3 is 2. The van der Waals surface area contributed by atoms with Gasteiger partial charge in [-0.1, -0.05) is 0 Å². The van der Waals surface area contributed by atoms with Gasteiger partial charge in [0.15, 0.2) is 0 Å². The summed E-state index contributed by atoms with van der Waals surface area (Å²) in [4.78, 5) is 26.2. The van der Waals surface area contributed by atoms with Gasteiger partial charge in [-0.05, 0) is 50.6 Å². The van der Waals surface area contributed by atoms with Gasteiger partial charge >= 0.3 is 5.97 Å². The zero-order chi connectivity index (χ0) is 17.1. The monoisotopic (exact) mass is 320 g/mol. The minimum atomic E-state index is -0.373. The van der Waals surface area contributed by atoms with Gasteiger partial charge in [-0.2, -0.15) is 0 Å². The molecule has 0 unspecified atom stereocenters. The molecule has 2 atom stereocenters. The van der Waals surface area contributed by atoms with Crippen molar-refractivity contribution in [1.82, 2.24) is 4.90 Å². The van der Waals surface area contributed by atoms with Gasteiger partial charge in [0.25, 0.3) is 0 Å². The molecule has 1 aromatic carbocycles. The minimum Gasteiger partial charge on any atom is -0.465 e. The molecule has 1 saturated heterocycles. The highest BCUT2D eigenvalue weighted by molar-refractivity contribution is 5.97. The highest BCUT2D eigenvalue weighted by Crippen LogP contribution is 2.25. The molecule has 6 nitrogen and oxygen atoms in total. The van der Waals surface area contributed by atoms with Crippen molar-refractivity contribution in [3.63, 3.8) is 0 Å². The van der Waals surface area contributed by atoms with E-state index in [1.807, 2.05) is 25.8 Å². The number of esters is 1. The molecule has 1 aliphatic rings. The SMILES string of the molecule is COC(=O)c1ccc(NC(=O)[C@@H]2C[C@H](OC)CN2C)c(C)c1C. The number of carbonyl (C=O) groups excluding carboxylic acids is 2. The summed E-state index contributed by atoms with van der Waals surface area (Å²) in [7, 11) is 4.94. The van der Waals surface area contributed by atoms with E-state index in [2.05, 4.69) is 5.32 Å². The van der Waals surface area contributed by atoms with Crippen LogP contribution in [0.15, 0.2) is 12.1 Å². The molecule has 1 aliphatic heterocycles. The number of hydrogen-bond acceptors (Lipinski definition) is 5. The van der Waals surface area contributed by atoms with Gasteiger partial charge in [-0.3, -0.25) is 9.69 Å². The Balaban J connectivity index is 2.16. The third kappa shape index (κ3) is 3.54. The van der Waals surface area contributed by atoms with Crippen molar-refractivity contribution in [3.05, 3.63) is 28.8 Å². The van der Waals surface area contributed by atoms with Crippen LogP contribution in [-0.4, -0.2) is 56.7 Å². The maximum atomic E-state index is 12.5. The van der Waals surface area contributed by atoms with Crippen LogP contribution in [-0.2, 0) is 14.3 Å². The van der Waals surface area contributed by atoms with E-state index < -0.39 is 0 Å². The molecule has 2 rings (SSSR count). The van der Waals surface area contributed by atoms with Crippen LogP contribution in [0.4, 0.5) is 5.69 Å². The first kappa shape index (κ1) is 17.4. The third-order valence-corrected chi connectivity index (χ3v) is 4.60. The first-order chi connectivity index (χ1) is 10.9. The summed E-state index contributed by atoms with van der Waals surface area (Å²) in [5.74, 6) is -0.428. The van der Waals surface area contributed by atoms with Gasteiger partial charge in [0.2, 0.25) is 5.91 Å². The Morgan fingerprint density at radius 3 is 2.48 bits per heavy atom. The molecular formula is C17H24N2O4. The zero-order valence-corrected chi connectivity index (χ0v) is 14.3. The lowest BCUT2D eigenvalue weighted by atomic mass is 10.0. The predicted molar refractivity (Wildman–Crippen MR) is 87.7 cm³/mol. The largest absolute Gasteiger partial charge is 0.465 e. The first-order valence-electron chi connectivity index (χ1n) is 7.61. The van der Waals surface area contributed by atoms with E-state index in [0.29, 0.717) is 12.0 Å². The number of likely N-dealkylation sites (N-methyl/N-ethyl adjacent to an activating group) is 1. The number of hydrogen-bond donors (Lipinski definition) is 1. The van der Waals surface area contributed by atoms with Crippen molar-refractivity contribution in [1.29, 1.82) is 0 Å². The van der Waals surface area contributed by atoms with Crippen molar-refractivity contribution in [2.75, 3.05) is 33.1 Å². The van der Waals surface area contributed by atoms with Crippen LogP contribution in [0.25, 0.3) is 0 Å². The molecule has 0 bridgehead atoms. The Morgan fingerprint density at radius 2 is 1.91 bits per heavy atom. The van der Waals surface area contributed by atoms with Gasteiger partial charge in [-0.25, -0.2) is 4.79 Å². The van der Waals surface area contributed by atoms with Gasteiger partial charge in [-0.15, -0.1) is 0 Å². The molecule has 0 spiro atoms. The second-order valence-corrected chi connectivity index (χ2v) is 5.94. The average molecular weight is 320 g/mol. The fourth-order valence-corrected chi connectivity index (χ4v) is 2.93. The Hall–Kier alpha value is -1.92. The van der Waals surface area contributed by atoms with Gasteiger partial charge in [0, 0.05) is 19.3 Å². The summed E-state index contributed by atoms with van der Waals surface area (Å²) in [6.07, 6.45) is 0.761. The smallest absolute Gasteiger partial charge is 0.338 e. The zero-order valence-electron chi connectivity index (χ0n) is 14.3. The predicted octanol–water partition coefficient (Wildman–Crippen LogP) is 1.75. The van der Waals surface area contributed by atoms with Crippen molar-refractivity contribution in [2.24, 2.45) is 0 Å². The number of ether oxygens (including phenoxy) is 2. The summed E-state index contributed by atoms with van der Waals surface area (Å²) >= 11 is 0. The number of likely N-dealkylation sites (tertiary alicyclic amines) is 1. The quantitative estimate of drug-likeness (QED) is 0.856. The van der Waals surface area contributed by atoms with Crippen LogP contribution in [0.5, 0.6) is 0 Å². The number of nitrogens with zero attached hydrogens (tertiary/aromatic N) is 1. The van der Waals surface area contributed by atoms with E-state index in [1.54, 1.807) is 19.2 Å². The van der Waals surface area contributed by atoms with Gasteiger partial charge < -0.3 is 14.8 Å². The number of amides is 1. The second kappa shape index (κ2) is 7.10. The highest BCUT2D eigenvalue weighted by Gasteiger charge is 2.34. The summed E-state index contributed by atoms with van der Waals surface area (Å²) in [6.45, 7) is 4.47. The fourth-order valence-electron chi connectivity index (χ4n) is 2.93. The highest BCUT2D eigenvalue weighted by atomic mass is 16.5. The van der Waals surface area contributed by atoms with Crippen LogP contribution < -0.4 is 5.32 Å². The topological polar surface area (TPSA) is 67.9 Å². The van der Waals surface area contributed by atoms with E-state index in [1.165, 1.54) is 7.11 Å². The number of anilines is 1. The van der Waals surface area contributed by atoms with Crippen LogP contribution >= 0.6 is 0 Å². The normalized spacial score (nSPS) is 21.3. The summed E-state index contributed by atoms with van der Waals surface area (Å²) in [6, 6.07) is 3.22. The molecule has 23 heavy (non-hydrogen) atoms. The average Bonchev–Trinajstić information content (AvgIpc) is 2.92. The van der Waals surface area contributed by atoms with E-state index >= 15 is 0 Å². The number of benzene rings is 1. The molecule has 1 N–H and O–H groups in total. The molecule has 6 heteroatoms. The van der Waals surface area contributed by atoms with Crippen molar-refractivity contribution in [2.45, 2.75) is 32.4 Å². The van der Waals surface area contributed by atoms with Crippen LogP contribution in [0.1, 0.15) is 27.9 Å². The lowest BCUT2D eigenvalue weighted by Gasteiger charge is -2.20. The maximum absolute atomic E-state index is 12.5. The molecule has 126 valence electrons. The Bertz CT molecular complexity index is 615. The Labute approximate surface area is 136 Å². The maximum Gasteiger partial charge on any atom is 0.338 e. The standard InChI is InChI=1S/C17H24N2O4/c1-10-11(2)14(7-6-13(10)17(21)23-5)18-16(20)15-8-12(22-4)9-19(15)3/h6-7,12,15H,8-9H2,1-5H3,(H,18,20)/t12-,15-/m0/s1. The molecule has 1 fully saturated rings. The molecule has 0 aromatic heterocycles. The van der Waals surface area contributed by atoms with E-state index in [-0.39, 0.29) is 24.0 Å². The van der Waals surface area contributed by atoms with Gasteiger partial charge in [0.1, 0.15) is 0 Å². The van der Waals surface area contributed by atoms with E-state index in [0.717, 1.165) is 23.4 Å². The lowest BCUT2D eigenvalue weighted by molar-refractivity contribution is -0.120. The molecule has 0 saturated carbocycles. The third-order valence-electron chi connectivity index (χ3n) is 4.60. The molecule has 1 aromatic rings. The van der Waals surface area contributed by atoms with Crippen LogP contribution in [0, 0.1) is 13.8 Å². The summed E-state index contributed by atoms with van der Waals surface area (Å²) in [5, 5.41) is 2.96. The number of nitrogens with one attached hydrogen (secondary N) is 1. The van der Waals surface area contributed by atoms with Crippen molar-refractivity contribution in [3.8, 4) is 0 Å². The molecule has 0 aliphatic carbocycles. The van der Waals surface area contributed by atoms with Gasteiger partial charge in [0.05, 0.1) is 24.8 Å². The minimum absolute atomic E-state index is 0.0552. The Morgan fingerprint density at radius 1 is 1.22 bits per heavy atom. The van der Waals surface area contributed by atoms with Crippen molar-refractivity contribution >= 4 is 17.6 Å². The molecule has 1 amide bonds. The second-order valence-electron chi connectivity index (χ2n) is 5.94. The van der Waals surface area contributed by atoms with Crippen LogP contribution in [0.3, 0.4) is 0 Å². The molecular weight excluding hydrogens is 296 g/mol. The van der Waals surface area contributed by atoms with Crippen LogP contribution in [0.2, 0.25) is 0 Å². The number of rotatable bonds is 4. The van der Waals surface area contributed by atoms with Crippen molar-refractivity contribution < 1.29 is 19.1 Å². The first-order valence-corrected chi connectivity index (χ1v) is 7.61. The molecule has 0 radical (unpaired) electrons. The number of carbonyl (C=O) groups is 2.